The lowest BCUT2D eigenvalue weighted by atomic mass is 10.1. The topological polar surface area (TPSA) is 46.6 Å². The molecule has 0 unspecified atom stereocenters. The lowest BCUT2D eigenvalue weighted by Gasteiger charge is -2.16. The molecule has 1 aromatic rings. The molecule has 1 aromatic carbocycles. The molecule has 0 N–H and O–H groups in total. The minimum atomic E-state index is -0.390. The van der Waals surface area contributed by atoms with Crippen LogP contribution in [-0.4, -0.2) is 37.0 Å². The molecular formula is C14H19NO3. The summed E-state index contributed by atoms with van der Waals surface area (Å²) in [5.74, 6) is -0.566. The first-order valence-electron chi connectivity index (χ1n) is 6.08. The molecule has 0 bridgehead atoms. The minimum absolute atomic E-state index is 0.0256. The van der Waals surface area contributed by atoms with Crippen LogP contribution in [0.25, 0.3) is 0 Å². The maximum atomic E-state index is 12.0. The second kappa shape index (κ2) is 6.79. The standard InChI is InChI=1S/C14H19NO3/c1-4-11-6-8-12(9-7-11)14(17)15(3)10-13(16)18-5-2/h6-9H,4-5,10H2,1-3H3. The third kappa shape index (κ3) is 3.87. The highest BCUT2D eigenvalue weighted by Gasteiger charge is 2.15. The molecule has 1 rings (SSSR count). The molecule has 0 atom stereocenters. The zero-order valence-electron chi connectivity index (χ0n) is 11.1. The summed E-state index contributed by atoms with van der Waals surface area (Å²) in [6.07, 6.45) is 0.938. The van der Waals surface area contributed by atoms with Crippen molar-refractivity contribution in [3.05, 3.63) is 35.4 Å². The molecule has 0 aromatic heterocycles. The highest BCUT2D eigenvalue weighted by molar-refractivity contribution is 5.95. The van der Waals surface area contributed by atoms with E-state index in [0.29, 0.717) is 12.2 Å². The Hall–Kier alpha value is -1.84. The Morgan fingerprint density at radius 2 is 1.78 bits per heavy atom. The van der Waals surface area contributed by atoms with Crippen LogP contribution in [-0.2, 0) is 16.0 Å². The van der Waals surface area contributed by atoms with Crippen LogP contribution in [0.15, 0.2) is 24.3 Å². The van der Waals surface area contributed by atoms with Gasteiger partial charge in [-0.15, -0.1) is 0 Å². The van der Waals surface area contributed by atoms with Gasteiger partial charge in [-0.05, 0) is 31.0 Å². The molecular weight excluding hydrogens is 230 g/mol. The van der Waals surface area contributed by atoms with Gasteiger partial charge in [-0.1, -0.05) is 19.1 Å². The van der Waals surface area contributed by atoms with E-state index in [0.717, 1.165) is 6.42 Å². The number of hydrogen-bond donors (Lipinski definition) is 0. The number of likely N-dealkylation sites (N-methyl/N-ethyl adjacent to an activating group) is 1. The maximum Gasteiger partial charge on any atom is 0.325 e. The predicted octanol–water partition coefficient (Wildman–Crippen LogP) is 1.88. The van der Waals surface area contributed by atoms with Gasteiger partial charge in [0.05, 0.1) is 6.61 Å². The van der Waals surface area contributed by atoms with Crippen molar-refractivity contribution in [3.63, 3.8) is 0 Å². The van der Waals surface area contributed by atoms with Crippen molar-refractivity contribution in [2.24, 2.45) is 0 Å². The molecule has 4 nitrogen and oxygen atoms in total. The minimum Gasteiger partial charge on any atom is -0.465 e. The molecule has 0 saturated heterocycles. The van der Waals surface area contributed by atoms with Crippen LogP contribution in [0.4, 0.5) is 0 Å². The molecule has 0 fully saturated rings. The SMILES string of the molecule is CCOC(=O)CN(C)C(=O)c1ccc(CC)cc1. The molecule has 0 aliphatic carbocycles. The molecule has 0 aliphatic rings. The average molecular weight is 249 g/mol. The van der Waals surface area contributed by atoms with Crippen molar-refractivity contribution in [2.45, 2.75) is 20.3 Å². The summed E-state index contributed by atoms with van der Waals surface area (Å²) in [5.41, 5.74) is 1.76. The first-order chi connectivity index (χ1) is 8.58. The van der Waals surface area contributed by atoms with Gasteiger partial charge in [0.25, 0.3) is 5.91 Å². The van der Waals surface area contributed by atoms with E-state index in [1.807, 2.05) is 12.1 Å². The second-order valence-corrected chi connectivity index (χ2v) is 4.02. The summed E-state index contributed by atoms with van der Waals surface area (Å²) in [6.45, 7) is 4.10. The van der Waals surface area contributed by atoms with Gasteiger partial charge in [0, 0.05) is 12.6 Å². The molecule has 4 heteroatoms. The Bertz CT molecular complexity index is 412. The molecule has 0 heterocycles. The van der Waals surface area contributed by atoms with Crippen molar-refractivity contribution in [3.8, 4) is 0 Å². The van der Waals surface area contributed by atoms with Gasteiger partial charge < -0.3 is 9.64 Å². The second-order valence-electron chi connectivity index (χ2n) is 4.02. The number of nitrogens with zero attached hydrogens (tertiary/aromatic N) is 1. The largest absolute Gasteiger partial charge is 0.465 e. The number of aryl methyl sites for hydroxylation is 1. The third-order valence-corrected chi connectivity index (χ3v) is 2.63. The lowest BCUT2D eigenvalue weighted by Crippen LogP contribution is -2.33. The van der Waals surface area contributed by atoms with E-state index in [-0.39, 0.29) is 12.5 Å². The fraction of sp³-hybridized carbons (Fsp3) is 0.429. The third-order valence-electron chi connectivity index (χ3n) is 2.63. The number of carbonyl (C=O) groups is 2. The van der Waals surface area contributed by atoms with Gasteiger partial charge in [-0.2, -0.15) is 0 Å². The van der Waals surface area contributed by atoms with Crippen LogP contribution in [0.1, 0.15) is 29.8 Å². The maximum absolute atomic E-state index is 12.0. The Balaban J connectivity index is 2.64. The van der Waals surface area contributed by atoms with Gasteiger partial charge in [0.15, 0.2) is 0 Å². The Morgan fingerprint density at radius 3 is 2.28 bits per heavy atom. The summed E-state index contributed by atoms with van der Waals surface area (Å²) >= 11 is 0. The number of rotatable bonds is 5. The van der Waals surface area contributed by atoms with E-state index in [4.69, 9.17) is 4.74 Å². The van der Waals surface area contributed by atoms with Gasteiger partial charge in [-0.3, -0.25) is 9.59 Å². The van der Waals surface area contributed by atoms with Gasteiger partial charge in [-0.25, -0.2) is 0 Å². The Labute approximate surface area is 108 Å². The van der Waals surface area contributed by atoms with Crippen LogP contribution in [0.2, 0.25) is 0 Å². The van der Waals surface area contributed by atoms with Gasteiger partial charge in [0.2, 0.25) is 0 Å². The van der Waals surface area contributed by atoms with E-state index < -0.39 is 5.97 Å². The predicted molar refractivity (Wildman–Crippen MR) is 69.4 cm³/mol. The van der Waals surface area contributed by atoms with Gasteiger partial charge in [0.1, 0.15) is 6.54 Å². The smallest absolute Gasteiger partial charge is 0.325 e. The molecule has 18 heavy (non-hydrogen) atoms. The summed E-state index contributed by atoms with van der Waals surface area (Å²) in [6, 6.07) is 7.41. The summed E-state index contributed by atoms with van der Waals surface area (Å²) in [5, 5.41) is 0. The number of ether oxygens (including phenoxy) is 1. The highest BCUT2D eigenvalue weighted by atomic mass is 16.5. The van der Waals surface area contributed by atoms with Crippen LogP contribution in [0.3, 0.4) is 0 Å². The van der Waals surface area contributed by atoms with Crippen molar-refractivity contribution >= 4 is 11.9 Å². The molecule has 0 saturated carbocycles. The van der Waals surface area contributed by atoms with Crippen molar-refractivity contribution in [2.75, 3.05) is 20.2 Å². The van der Waals surface area contributed by atoms with Gasteiger partial charge >= 0.3 is 5.97 Å². The molecule has 0 spiro atoms. The van der Waals surface area contributed by atoms with E-state index in [9.17, 15) is 9.59 Å². The van der Waals surface area contributed by atoms with Crippen LogP contribution in [0.5, 0.6) is 0 Å². The van der Waals surface area contributed by atoms with E-state index in [2.05, 4.69) is 6.92 Å². The monoisotopic (exact) mass is 249 g/mol. The zero-order chi connectivity index (χ0) is 13.5. The quantitative estimate of drug-likeness (QED) is 0.749. The van der Waals surface area contributed by atoms with Crippen molar-refractivity contribution in [1.82, 2.24) is 4.90 Å². The summed E-state index contributed by atoms with van der Waals surface area (Å²) in [7, 11) is 1.59. The van der Waals surface area contributed by atoms with Crippen LogP contribution < -0.4 is 0 Å². The number of amides is 1. The number of carbonyl (C=O) groups excluding carboxylic acids is 2. The number of hydrogen-bond acceptors (Lipinski definition) is 3. The average Bonchev–Trinajstić information content (AvgIpc) is 2.38. The van der Waals surface area contributed by atoms with E-state index >= 15 is 0 Å². The van der Waals surface area contributed by atoms with Crippen molar-refractivity contribution in [1.29, 1.82) is 0 Å². The fourth-order valence-corrected chi connectivity index (χ4v) is 1.58. The van der Waals surface area contributed by atoms with Crippen LogP contribution in [0, 0.1) is 0 Å². The fourth-order valence-electron chi connectivity index (χ4n) is 1.58. The number of esters is 1. The molecule has 98 valence electrons. The highest BCUT2D eigenvalue weighted by Crippen LogP contribution is 2.07. The number of benzene rings is 1. The molecule has 0 aliphatic heterocycles. The van der Waals surface area contributed by atoms with Crippen molar-refractivity contribution < 1.29 is 14.3 Å². The first-order valence-corrected chi connectivity index (χ1v) is 6.08. The normalized spacial score (nSPS) is 9.94. The van der Waals surface area contributed by atoms with E-state index in [1.54, 1.807) is 26.1 Å². The van der Waals surface area contributed by atoms with E-state index in [1.165, 1.54) is 10.5 Å². The first kappa shape index (κ1) is 14.2. The Morgan fingerprint density at radius 1 is 1.17 bits per heavy atom. The zero-order valence-corrected chi connectivity index (χ0v) is 11.1. The molecule has 0 radical (unpaired) electrons. The lowest BCUT2D eigenvalue weighted by molar-refractivity contribution is -0.143. The summed E-state index contributed by atoms with van der Waals surface area (Å²) < 4.78 is 4.80. The molecule has 1 amide bonds. The Kier molecular flexibility index (Phi) is 5.36. The summed E-state index contributed by atoms with van der Waals surface area (Å²) in [4.78, 5) is 24.6. The van der Waals surface area contributed by atoms with Crippen LogP contribution >= 0.6 is 0 Å².